The molecule has 0 radical (unpaired) electrons. The van der Waals surface area contributed by atoms with Crippen molar-refractivity contribution in [2.24, 2.45) is 5.92 Å². The number of ether oxygens (including phenoxy) is 1. The van der Waals surface area contributed by atoms with Crippen molar-refractivity contribution in [3.63, 3.8) is 0 Å². The molecule has 1 aromatic rings. The molecule has 0 aliphatic rings. The van der Waals surface area contributed by atoms with Crippen LogP contribution in [0.25, 0.3) is 0 Å². The Hall–Kier alpha value is -1.22. The van der Waals surface area contributed by atoms with Crippen LogP contribution in [-0.2, 0) is 6.42 Å². The second-order valence-corrected chi connectivity index (χ2v) is 4.16. The van der Waals surface area contributed by atoms with Gasteiger partial charge in [0.25, 0.3) is 0 Å². The fraction of sp³-hybridized carbons (Fsp3) is 0.600. The van der Waals surface area contributed by atoms with Crippen molar-refractivity contribution in [3.8, 4) is 11.5 Å². The first-order valence-corrected chi connectivity index (χ1v) is 6.62. The summed E-state index contributed by atoms with van der Waals surface area (Å²) in [5.41, 5.74) is 1.06. The summed E-state index contributed by atoms with van der Waals surface area (Å²) in [6, 6.07) is 5.30. The number of benzene rings is 1. The monoisotopic (exact) mass is 254 g/mol. The van der Waals surface area contributed by atoms with E-state index in [-0.39, 0.29) is 17.8 Å². The molecule has 18 heavy (non-hydrogen) atoms. The van der Waals surface area contributed by atoms with Crippen LogP contribution in [0.2, 0.25) is 0 Å². The van der Waals surface area contributed by atoms with E-state index in [9.17, 15) is 10.2 Å². The lowest BCUT2D eigenvalue weighted by Crippen LogP contribution is -2.18. The normalized spacial score (nSPS) is 13.2. The fourth-order valence-corrected chi connectivity index (χ4v) is 1.76. The minimum atomic E-state index is -0.278. The molecule has 2 N–H and O–H groups in total. The summed E-state index contributed by atoms with van der Waals surface area (Å²) < 4.78 is 5.04. The molecule has 3 heteroatoms. The van der Waals surface area contributed by atoms with E-state index in [1.165, 1.54) is 7.11 Å². The van der Waals surface area contributed by atoms with Crippen LogP contribution in [0.1, 0.15) is 39.7 Å². The average molecular weight is 254 g/mol. The van der Waals surface area contributed by atoms with Gasteiger partial charge in [-0.2, -0.15) is 0 Å². The van der Waals surface area contributed by atoms with Gasteiger partial charge < -0.3 is 14.9 Å². The Bertz CT molecular complexity index is 337. The predicted octanol–water partition coefficient (Wildman–Crippen LogP) is 3.38. The summed E-state index contributed by atoms with van der Waals surface area (Å²) in [6.07, 6.45) is 1.27. The highest BCUT2D eigenvalue weighted by molar-refractivity contribution is 5.41. The molecule has 0 saturated heterocycles. The molecule has 1 aromatic carbocycles. The van der Waals surface area contributed by atoms with Crippen molar-refractivity contribution in [3.05, 3.63) is 23.8 Å². The number of phenols is 1. The van der Waals surface area contributed by atoms with Gasteiger partial charge in [-0.1, -0.05) is 33.8 Å². The van der Waals surface area contributed by atoms with Gasteiger partial charge in [-0.3, -0.25) is 0 Å². The van der Waals surface area contributed by atoms with Crippen LogP contribution >= 0.6 is 0 Å². The first-order valence-electron chi connectivity index (χ1n) is 6.62. The molecular formula is C15H26O3. The molecule has 1 rings (SSSR count). The lowest BCUT2D eigenvalue weighted by Gasteiger charge is -2.17. The van der Waals surface area contributed by atoms with E-state index < -0.39 is 0 Å². The highest BCUT2D eigenvalue weighted by Crippen LogP contribution is 2.27. The molecule has 0 aliphatic carbocycles. The van der Waals surface area contributed by atoms with Gasteiger partial charge in [-0.15, -0.1) is 0 Å². The molecule has 0 aliphatic heterocycles. The Kier molecular flexibility index (Phi) is 8.21. The average Bonchev–Trinajstić information content (AvgIpc) is 2.42. The molecule has 0 spiro atoms. The zero-order valence-corrected chi connectivity index (χ0v) is 12.1. The maximum Gasteiger partial charge on any atom is 0.160 e. The van der Waals surface area contributed by atoms with E-state index in [0.717, 1.165) is 18.4 Å². The largest absolute Gasteiger partial charge is 0.504 e. The van der Waals surface area contributed by atoms with Gasteiger partial charge in [-0.25, -0.2) is 0 Å². The minimum Gasteiger partial charge on any atom is -0.504 e. The molecule has 2 unspecified atom stereocenters. The Morgan fingerprint density at radius 2 is 1.89 bits per heavy atom. The van der Waals surface area contributed by atoms with Crippen molar-refractivity contribution >= 4 is 0 Å². The summed E-state index contributed by atoms with van der Waals surface area (Å²) in [7, 11) is 1.53. The second-order valence-electron chi connectivity index (χ2n) is 4.16. The number of aliphatic hydroxyl groups excluding tert-OH is 1. The van der Waals surface area contributed by atoms with E-state index in [1.54, 1.807) is 6.07 Å². The van der Waals surface area contributed by atoms with Crippen LogP contribution in [0, 0.1) is 5.92 Å². The minimum absolute atomic E-state index is 0.148. The Balaban J connectivity index is 0.00000137. The smallest absolute Gasteiger partial charge is 0.160 e. The zero-order chi connectivity index (χ0) is 14.1. The van der Waals surface area contributed by atoms with Crippen LogP contribution in [0.15, 0.2) is 18.2 Å². The third-order valence-electron chi connectivity index (χ3n) is 2.88. The van der Waals surface area contributed by atoms with Crippen molar-refractivity contribution in [2.75, 3.05) is 7.11 Å². The Morgan fingerprint density at radius 3 is 2.39 bits per heavy atom. The van der Waals surface area contributed by atoms with Crippen LogP contribution in [0.3, 0.4) is 0 Å². The molecule has 2 atom stereocenters. The lowest BCUT2D eigenvalue weighted by atomic mass is 9.94. The maximum atomic E-state index is 9.69. The van der Waals surface area contributed by atoms with Crippen molar-refractivity contribution in [1.82, 2.24) is 0 Å². The third-order valence-corrected chi connectivity index (χ3v) is 2.88. The molecule has 0 bridgehead atoms. The van der Waals surface area contributed by atoms with Gasteiger partial charge >= 0.3 is 0 Å². The number of aromatic hydroxyl groups is 1. The Labute approximate surface area is 110 Å². The first kappa shape index (κ1) is 16.8. The van der Waals surface area contributed by atoms with Gasteiger partial charge in [0.2, 0.25) is 0 Å². The van der Waals surface area contributed by atoms with Gasteiger partial charge in [0.1, 0.15) is 0 Å². The number of hydrogen-bond acceptors (Lipinski definition) is 3. The molecule has 0 heterocycles. The van der Waals surface area contributed by atoms with Crippen LogP contribution in [-0.4, -0.2) is 23.4 Å². The summed E-state index contributed by atoms with van der Waals surface area (Å²) in [5.74, 6) is 0.838. The van der Waals surface area contributed by atoms with E-state index in [1.807, 2.05) is 39.8 Å². The number of hydrogen-bond donors (Lipinski definition) is 2. The molecule has 0 aromatic heterocycles. The number of methoxy groups -OCH3 is 1. The van der Waals surface area contributed by atoms with E-state index in [4.69, 9.17) is 4.74 Å². The SMILES string of the molecule is CC.CCC(O)C(C)Cc1ccc(O)c(OC)c1. The third kappa shape index (κ3) is 4.96. The van der Waals surface area contributed by atoms with E-state index in [0.29, 0.717) is 5.75 Å². The summed E-state index contributed by atoms with van der Waals surface area (Å²) in [6.45, 7) is 7.99. The second kappa shape index (κ2) is 8.81. The maximum absolute atomic E-state index is 9.69. The van der Waals surface area contributed by atoms with Crippen molar-refractivity contribution < 1.29 is 14.9 Å². The molecule has 3 nitrogen and oxygen atoms in total. The summed E-state index contributed by atoms with van der Waals surface area (Å²) in [4.78, 5) is 0. The molecular weight excluding hydrogens is 228 g/mol. The lowest BCUT2D eigenvalue weighted by molar-refractivity contribution is 0.112. The quantitative estimate of drug-likeness (QED) is 0.847. The highest BCUT2D eigenvalue weighted by atomic mass is 16.5. The van der Waals surface area contributed by atoms with Crippen LogP contribution in [0.5, 0.6) is 11.5 Å². The number of phenolic OH excluding ortho intramolecular Hbond substituents is 1. The molecule has 0 amide bonds. The van der Waals surface area contributed by atoms with Gasteiger partial charge in [0.05, 0.1) is 13.2 Å². The number of aliphatic hydroxyl groups is 1. The summed E-state index contributed by atoms with van der Waals surface area (Å²) in [5, 5.41) is 19.1. The van der Waals surface area contributed by atoms with Gasteiger partial charge in [-0.05, 0) is 36.5 Å². The first-order chi connectivity index (χ1) is 8.58. The van der Waals surface area contributed by atoms with Crippen molar-refractivity contribution in [2.45, 2.75) is 46.6 Å². The standard InChI is InChI=1S/C13H20O3.C2H6/c1-4-11(14)9(2)7-10-5-6-12(15)13(8-10)16-3;1-2/h5-6,8-9,11,14-15H,4,7H2,1-3H3;1-2H3. The topological polar surface area (TPSA) is 49.7 Å². The summed E-state index contributed by atoms with van der Waals surface area (Å²) >= 11 is 0. The van der Waals surface area contributed by atoms with Crippen LogP contribution in [0.4, 0.5) is 0 Å². The molecule has 0 saturated carbocycles. The van der Waals surface area contributed by atoms with Gasteiger partial charge in [0.15, 0.2) is 11.5 Å². The van der Waals surface area contributed by atoms with E-state index in [2.05, 4.69) is 0 Å². The molecule has 104 valence electrons. The Morgan fingerprint density at radius 1 is 1.28 bits per heavy atom. The van der Waals surface area contributed by atoms with E-state index >= 15 is 0 Å². The number of rotatable bonds is 5. The predicted molar refractivity (Wildman–Crippen MR) is 75.2 cm³/mol. The van der Waals surface area contributed by atoms with Crippen molar-refractivity contribution in [1.29, 1.82) is 0 Å². The molecule has 0 fully saturated rings. The van der Waals surface area contributed by atoms with Crippen LogP contribution < -0.4 is 4.74 Å². The zero-order valence-electron chi connectivity index (χ0n) is 12.1. The fourth-order valence-electron chi connectivity index (χ4n) is 1.76. The van der Waals surface area contributed by atoms with Gasteiger partial charge in [0, 0.05) is 0 Å². The highest BCUT2D eigenvalue weighted by Gasteiger charge is 2.13.